The van der Waals surface area contributed by atoms with E-state index in [0.717, 1.165) is 23.3 Å². The van der Waals surface area contributed by atoms with Gasteiger partial charge < -0.3 is 9.47 Å². The van der Waals surface area contributed by atoms with E-state index in [9.17, 15) is 9.59 Å². The van der Waals surface area contributed by atoms with Gasteiger partial charge >= 0.3 is 11.9 Å². The number of hydrogen-bond acceptors (Lipinski definition) is 4. The molecular weight excluding hydrogens is 220 g/mol. The third-order valence-electron chi connectivity index (χ3n) is 3.19. The lowest BCUT2D eigenvalue weighted by molar-refractivity contribution is -0.152. The van der Waals surface area contributed by atoms with Gasteiger partial charge in [-0.2, -0.15) is 0 Å². The number of carbonyl (C=O) groups is 2. The van der Waals surface area contributed by atoms with Crippen LogP contribution in [-0.2, 0) is 20.7 Å². The first-order valence-corrected chi connectivity index (χ1v) is 5.67. The van der Waals surface area contributed by atoms with Gasteiger partial charge in [0.15, 0.2) is 0 Å². The fourth-order valence-corrected chi connectivity index (χ4v) is 2.39. The average Bonchev–Trinajstić information content (AvgIpc) is 2.78. The van der Waals surface area contributed by atoms with Crippen molar-refractivity contribution in [3.63, 3.8) is 0 Å². The van der Waals surface area contributed by atoms with E-state index < -0.39 is 17.9 Å². The minimum Gasteiger partial charge on any atom is -0.490 e. The van der Waals surface area contributed by atoms with E-state index in [1.807, 2.05) is 25.1 Å². The molecule has 1 fully saturated rings. The smallest absolute Gasteiger partial charge is 0.321 e. The maximum atomic E-state index is 11.5. The SMILES string of the molecule is CC1Cc2cc(C3CC(=O)OC3=O)ccc2O1. The summed E-state index contributed by atoms with van der Waals surface area (Å²) in [6.45, 7) is 2.01. The summed E-state index contributed by atoms with van der Waals surface area (Å²) < 4.78 is 10.1. The Hall–Kier alpha value is -1.84. The molecule has 1 saturated heterocycles. The molecule has 1 aromatic rings. The van der Waals surface area contributed by atoms with E-state index in [1.165, 1.54) is 0 Å². The number of esters is 2. The molecule has 17 heavy (non-hydrogen) atoms. The first-order chi connectivity index (χ1) is 8.13. The van der Waals surface area contributed by atoms with E-state index in [1.54, 1.807) is 0 Å². The van der Waals surface area contributed by atoms with Crippen molar-refractivity contribution in [2.45, 2.75) is 31.8 Å². The Balaban J connectivity index is 1.93. The number of rotatable bonds is 1. The van der Waals surface area contributed by atoms with Crippen molar-refractivity contribution in [1.29, 1.82) is 0 Å². The van der Waals surface area contributed by atoms with Crippen LogP contribution in [0.1, 0.15) is 30.4 Å². The van der Waals surface area contributed by atoms with Crippen LogP contribution in [0.4, 0.5) is 0 Å². The lowest BCUT2D eigenvalue weighted by Crippen LogP contribution is -2.06. The van der Waals surface area contributed by atoms with Crippen molar-refractivity contribution < 1.29 is 19.1 Å². The van der Waals surface area contributed by atoms with Crippen LogP contribution in [0.3, 0.4) is 0 Å². The summed E-state index contributed by atoms with van der Waals surface area (Å²) in [4.78, 5) is 22.5. The molecule has 4 nitrogen and oxygen atoms in total. The Morgan fingerprint density at radius 2 is 2.06 bits per heavy atom. The molecule has 4 heteroatoms. The number of carbonyl (C=O) groups excluding carboxylic acids is 2. The fraction of sp³-hybridized carbons (Fsp3) is 0.385. The summed E-state index contributed by atoms with van der Waals surface area (Å²) in [5, 5.41) is 0. The third kappa shape index (κ3) is 1.69. The Morgan fingerprint density at radius 3 is 2.76 bits per heavy atom. The number of cyclic esters (lactones) is 2. The van der Waals surface area contributed by atoms with Gasteiger partial charge in [0.2, 0.25) is 0 Å². The van der Waals surface area contributed by atoms with Crippen LogP contribution in [0.15, 0.2) is 18.2 Å². The Labute approximate surface area is 98.5 Å². The van der Waals surface area contributed by atoms with Crippen LogP contribution in [0.25, 0.3) is 0 Å². The normalized spacial score (nSPS) is 26.6. The van der Waals surface area contributed by atoms with Crippen molar-refractivity contribution in [3.8, 4) is 5.75 Å². The summed E-state index contributed by atoms with van der Waals surface area (Å²) in [6.07, 6.45) is 1.17. The fourth-order valence-electron chi connectivity index (χ4n) is 2.39. The molecule has 2 aliphatic heterocycles. The van der Waals surface area contributed by atoms with Crippen LogP contribution in [-0.4, -0.2) is 18.0 Å². The molecule has 0 amide bonds. The summed E-state index contributed by atoms with van der Waals surface area (Å²) in [5.41, 5.74) is 1.94. The van der Waals surface area contributed by atoms with Gasteiger partial charge in [-0.15, -0.1) is 0 Å². The molecule has 2 unspecified atom stereocenters. The molecule has 0 aliphatic carbocycles. The molecule has 0 radical (unpaired) electrons. The maximum Gasteiger partial charge on any atom is 0.321 e. The second-order valence-electron chi connectivity index (χ2n) is 4.55. The summed E-state index contributed by atoms with van der Waals surface area (Å²) in [6, 6.07) is 5.65. The zero-order valence-corrected chi connectivity index (χ0v) is 9.43. The third-order valence-corrected chi connectivity index (χ3v) is 3.19. The zero-order valence-electron chi connectivity index (χ0n) is 9.43. The van der Waals surface area contributed by atoms with Gasteiger partial charge in [0, 0.05) is 6.42 Å². The van der Waals surface area contributed by atoms with Crippen LogP contribution < -0.4 is 4.74 Å². The van der Waals surface area contributed by atoms with Gasteiger partial charge in [-0.3, -0.25) is 9.59 Å². The molecule has 0 bridgehead atoms. The molecule has 0 aromatic heterocycles. The van der Waals surface area contributed by atoms with E-state index in [0.29, 0.717) is 0 Å². The first kappa shape index (κ1) is 10.3. The Morgan fingerprint density at radius 1 is 1.24 bits per heavy atom. The van der Waals surface area contributed by atoms with Crippen molar-refractivity contribution >= 4 is 11.9 Å². The van der Waals surface area contributed by atoms with E-state index in [2.05, 4.69) is 4.74 Å². The van der Waals surface area contributed by atoms with Gasteiger partial charge in [-0.05, 0) is 24.1 Å². The maximum absolute atomic E-state index is 11.5. The lowest BCUT2D eigenvalue weighted by atomic mass is 9.95. The molecule has 0 N–H and O–H groups in total. The van der Waals surface area contributed by atoms with Crippen LogP contribution in [0.5, 0.6) is 5.75 Å². The molecular formula is C13H12O4. The Bertz CT molecular complexity index is 506. The number of benzene rings is 1. The zero-order chi connectivity index (χ0) is 12.0. The summed E-state index contributed by atoms with van der Waals surface area (Å²) in [5.74, 6) is -0.449. The van der Waals surface area contributed by atoms with Crippen LogP contribution >= 0.6 is 0 Å². The van der Waals surface area contributed by atoms with E-state index in [4.69, 9.17) is 4.74 Å². The van der Waals surface area contributed by atoms with Gasteiger partial charge in [0.25, 0.3) is 0 Å². The second kappa shape index (κ2) is 3.58. The highest BCUT2D eigenvalue weighted by Gasteiger charge is 2.35. The van der Waals surface area contributed by atoms with E-state index >= 15 is 0 Å². The highest BCUT2D eigenvalue weighted by atomic mass is 16.6. The first-order valence-electron chi connectivity index (χ1n) is 5.67. The molecule has 0 saturated carbocycles. The monoisotopic (exact) mass is 232 g/mol. The minimum atomic E-state index is -0.443. The Kier molecular flexibility index (Phi) is 2.18. The largest absolute Gasteiger partial charge is 0.490 e. The summed E-state index contributed by atoms with van der Waals surface area (Å²) in [7, 11) is 0. The molecule has 2 aliphatic rings. The highest BCUT2D eigenvalue weighted by molar-refractivity contribution is 5.97. The second-order valence-corrected chi connectivity index (χ2v) is 4.55. The molecule has 2 atom stereocenters. The van der Waals surface area contributed by atoms with E-state index in [-0.39, 0.29) is 12.5 Å². The van der Waals surface area contributed by atoms with Crippen molar-refractivity contribution in [3.05, 3.63) is 29.3 Å². The molecule has 88 valence electrons. The number of ether oxygens (including phenoxy) is 2. The average molecular weight is 232 g/mol. The van der Waals surface area contributed by atoms with Gasteiger partial charge in [0.1, 0.15) is 11.9 Å². The highest BCUT2D eigenvalue weighted by Crippen LogP contribution is 2.34. The molecule has 3 rings (SSSR count). The number of hydrogen-bond donors (Lipinski definition) is 0. The van der Waals surface area contributed by atoms with Crippen molar-refractivity contribution in [2.75, 3.05) is 0 Å². The van der Waals surface area contributed by atoms with Crippen LogP contribution in [0.2, 0.25) is 0 Å². The predicted molar refractivity (Wildman–Crippen MR) is 58.7 cm³/mol. The van der Waals surface area contributed by atoms with Crippen molar-refractivity contribution in [1.82, 2.24) is 0 Å². The van der Waals surface area contributed by atoms with Gasteiger partial charge in [-0.1, -0.05) is 12.1 Å². The van der Waals surface area contributed by atoms with Gasteiger partial charge in [-0.25, -0.2) is 0 Å². The quantitative estimate of drug-likeness (QED) is 0.544. The summed E-state index contributed by atoms with van der Waals surface area (Å²) >= 11 is 0. The van der Waals surface area contributed by atoms with Crippen LogP contribution in [0, 0.1) is 0 Å². The lowest BCUT2D eigenvalue weighted by Gasteiger charge is -2.06. The topological polar surface area (TPSA) is 52.6 Å². The molecule has 2 heterocycles. The van der Waals surface area contributed by atoms with Crippen molar-refractivity contribution in [2.24, 2.45) is 0 Å². The van der Waals surface area contributed by atoms with Gasteiger partial charge in [0.05, 0.1) is 12.3 Å². The predicted octanol–water partition coefficient (Wildman–Crippen LogP) is 1.57. The minimum absolute atomic E-state index is 0.147. The standard InChI is InChI=1S/C13H12O4/c1-7-4-9-5-8(2-3-11(9)16-7)10-6-12(14)17-13(10)15/h2-3,5,7,10H,4,6H2,1H3. The number of fused-ring (bicyclic) bond motifs is 1. The molecule has 0 spiro atoms. The molecule has 1 aromatic carbocycles.